The zero-order chi connectivity index (χ0) is 18.8. The third-order valence-corrected chi connectivity index (χ3v) is 3.20. The SMILES string of the molecule is CCCCOc1ccccc1/C=N/NC(=O)CNc1n[nH]c(=O)[nH]c1=O. The molecule has 0 aliphatic rings. The Hall–Kier alpha value is -3.43. The number of rotatable bonds is 9. The molecule has 10 heteroatoms. The van der Waals surface area contributed by atoms with Gasteiger partial charge in [-0.15, -0.1) is 5.10 Å². The predicted octanol–water partition coefficient (Wildman–Crippen LogP) is 0.199. The Balaban J connectivity index is 1.87. The first-order valence-electron chi connectivity index (χ1n) is 8.06. The van der Waals surface area contributed by atoms with Gasteiger partial charge in [0.25, 0.3) is 11.5 Å². The summed E-state index contributed by atoms with van der Waals surface area (Å²) in [6, 6.07) is 7.34. The molecule has 0 radical (unpaired) electrons. The summed E-state index contributed by atoms with van der Waals surface area (Å²) in [4.78, 5) is 36.0. The average Bonchev–Trinajstić information content (AvgIpc) is 2.62. The van der Waals surface area contributed by atoms with Crippen molar-refractivity contribution in [3.63, 3.8) is 0 Å². The van der Waals surface area contributed by atoms with E-state index in [2.05, 4.69) is 33.0 Å². The molecule has 1 heterocycles. The molecule has 2 rings (SSSR count). The molecular weight excluding hydrogens is 340 g/mol. The van der Waals surface area contributed by atoms with Gasteiger partial charge in [0.1, 0.15) is 5.75 Å². The first kappa shape index (κ1) is 18.9. The van der Waals surface area contributed by atoms with Crippen LogP contribution < -0.4 is 26.7 Å². The van der Waals surface area contributed by atoms with Crippen LogP contribution in [0.25, 0.3) is 0 Å². The second kappa shape index (κ2) is 9.77. The van der Waals surface area contributed by atoms with E-state index in [1.165, 1.54) is 6.21 Å². The van der Waals surface area contributed by atoms with Gasteiger partial charge in [0, 0.05) is 5.56 Å². The largest absolute Gasteiger partial charge is 0.493 e. The number of carbonyl (C=O) groups is 1. The Morgan fingerprint density at radius 2 is 2.15 bits per heavy atom. The molecule has 0 aliphatic carbocycles. The summed E-state index contributed by atoms with van der Waals surface area (Å²) < 4.78 is 5.67. The number of benzene rings is 1. The molecule has 10 nitrogen and oxygen atoms in total. The van der Waals surface area contributed by atoms with Gasteiger partial charge in [-0.05, 0) is 18.6 Å². The standard InChI is InChI=1S/C16H20N6O4/c1-2-3-8-26-12-7-5-4-6-11(12)9-18-20-13(23)10-17-14-15(24)19-16(25)22-21-14/h4-7,9H,2-3,8,10H2,1H3,(H,17,21)(H,20,23)(H2,19,22,24,25)/b18-9+. The molecule has 0 fully saturated rings. The number of hydrazone groups is 1. The maximum atomic E-state index is 11.8. The Labute approximate surface area is 148 Å². The minimum Gasteiger partial charge on any atom is -0.493 e. The number of anilines is 1. The number of aromatic nitrogens is 3. The molecule has 0 unspecified atom stereocenters. The first-order chi connectivity index (χ1) is 12.6. The van der Waals surface area contributed by atoms with E-state index in [0.717, 1.165) is 18.4 Å². The lowest BCUT2D eigenvalue weighted by Gasteiger charge is -2.08. The second-order valence-electron chi connectivity index (χ2n) is 5.24. The van der Waals surface area contributed by atoms with Gasteiger partial charge < -0.3 is 10.1 Å². The van der Waals surface area contributed by atoms with Crippen molar-refractivity contribution in [2.45, 2.75) is 19.8 Å². The summed E-state index contributed by atoms with van der Waals surface area (Å²) in [5, 5.41) is 11.9. The van der Waals surface area contributed by atoms with Crippen LogP contribution >= 0.6 is 0 Å². The fourth-order valence-electron chi connectivity index (χ4n) is 1.89. The summed E-state index contributed by atoms with van der Waals surface area (Å²) in [6.45, 7) is 2.45. The van der Waals surface area contributed by atoms with Gasteiger partial charge in [0.15, 0.2) is 0 Å². The average molecular weight is 360 g/mol. The van der Waals surface area contributed by atoms with E-state index in [1.54, 1.807) is 0 Å². The van der Waals surface area contributed by atoms with Crippen molar-refractivity contribution in [1.82, 2.24) is 20.6 Å². The third kappa shape index (κ3) is 5.89. The van der Waals surface area contributed by atoms with E-state index < -0.39 is 17.2 Å². The lowest BCUT2D eigenvalue weighted by molar-refractivity contribution is -0.119. The van der Waals surface area contributed by atoms with Crippen LogP contribution in [0.3, 0.4) is 0 Å². The minimum absolute atomic E-state index is 0.168. The Bertz CT molecular complexity index is 873. The number of hydrogen-bond acceptors (Lipinski definition) is 7. The fourth-order valence-corrected chi connectivity index (χ4v) is 1.89. The predicted molar refractivity (Wildman–Crippen MR) is 96.5 cm³/mol. The number of H-pyrrole nitrogens is 2. The molecule has 26 heavy (non-hydrogen) atoms. The monoisotopic (exact) mass is 360 g/mol. The number of nitrogens with one attached hydrogen (secondary N) is 4. The maximum Gasteiger partial charge on any atom is 0.342 e. The number of unbranched alkanes of at least 4 members (excludes halogenated alkanes) is 1. The summed E-state index contributed by atoms with van der Waals surface area (Å²) >= 11 is 0. The summed E-state index contributed by atoms with van der Waals surface area (Å²) in [6.07, 6.45) is 3.46. The van der Waals surface area contributed by atoms with Crippen molar-refractivity contribution >= 4 is 17.9 Å². The molecule has 0 saturated carbocycles. The summed E-state index contributed by atoms with van der Waals surface area (Å²) in [7, 11) is 0. The van der Waals surface area contributed by atoms with Gasteiger partial charge in [0.05, 0.1) is 19.4 Å². The molecule has 4 N–H and O–H groups in total. The summed E-state index contributed by atoms with van der Waals surface area (Å²) in [5.74, 6) is 0.0254. The van der Waals surface area contributed by atoms with Crippen LogP contribution in [0, 0.1) is 0 Å². The van der Waals surface area contributed by atoms with Crippen molar-refractivity contribution in [1.29, 1.82) is 0 Å². The highest BCUT2D eigenvalue weighted by atomic mass is 16.5. The molecule has 1 aromatic heterocycles. The van der Waals surface area contributed by atoms with Crippen LogP contribution in [0.4, 0.5) is 5.82 Å². The molecule has 0 aliphatic heterocycles. The van der Waals surface area contributed by atoms with Crippen LogP contribution in [-0.2, 0) is 4.79 Å². The quantitative estimate of drug-likeness (QED) is 0.286. The van der Waals surface area contributed by atoms with Gasteiger partial charge in [0.2, 0.25) is 5.82 Å². The number of carbonyl (C=O) groups excluding carboxylic acids is 1. The van der Waals surface area contributed by atoms with E-state index in [1.807, 2.05) is 29.2 Å². The van der Waals surface area contributed by atoms with E-state index in [9.17, 15) is 14.4 Å². The molecule has 0 spiro atoms. The Morgan fingerprint density at radius 3 is 2.92 bits per heavy atom. The lowest BCUT2D eigenvalue weighted by Crippen LogP contribution is -2.31. The van der Waals surface area contributed by atoms with Gasteiger partial charge in [-0.1, -0.05) is 25.5 Å². The zero-order valence-corrected chi connectivity index (χ0v) is 14.2. The van der Waals surface area contributed by atoms with Crippen molar-refractivity contribution < 1.29 is 9.53 Å². The van der Waals surface area contributed by atoms with Crippen molar-refractivity contribution in [3.8, 4) is 5.75 Å². The highest BCUT2D eigenvalue weighted by Gasteiger charge is 2.05. The van der Waals surface area contributed by atoms with E-state index in [0.29, 0.717) is 12.4 Å². The van der Waals surface area contributed by atoms with E-state index in [-0.39, 0.29) is 12.4 Å². The van der Waals surface area contributed by atoms with Crippen LogP contribution in [0.2, 0.25) is 0 Å². The molecule has 0 bridgehead atoms. The van der Waals surface area contributed by atoms with Crippen LogP contribution in [0.5, 0.6) is 5.75 Å². The number of aromatic amines is 2. The number of para-hydroxylation sites is 1. The van der Waals surface area contributed by atoms with Crippen molar-refractivity contribution in [2.24, 2.45) is 5.10 Å². The zero-order valence-electron chi connectivity index (χ0n) is 14.2. The number of amides is 1. The molecule has 2 aromatic rings. The second-order valence-corrected chi connectivity index (χ2v) is 5.24. The molecule has 138 valence electrons. The number of hydrogen-bond donors (Lipinski definition) is 4. The molecule has 1 aromatic carbocycles. The molecular formula is C16H20N6O4. The lowest BCUT2D eigenvalue weighted by atomic mass is 10.2. The summed E-state index contributed by atoms with van der Waals surface area (Å²) in [5.41, 5.74) is 1.61. The minimum atomic E-state index is -0.727. The van der Waals surface area contributed by atoms with Crippen LogP contribution in [0.15, 0.2) is 39.0 Å². The van der Waals surface area contributed by atoms with Gasteiger partial charge in [-0.3, -0.25) is 14.6 Å². The third-order valence-electron chi connectivity index (χ3n) is 3.20. The highest BCUT2D eigenvalue weighted by molar-refractivity contribution is 5.86. The fraction of sp³-hybridized carbons (Fsp3) is 0.312. The topological polar surface area (TPSA) is 141 Å². The maximum absolute atomic E-state index is 11.8. The van der Waals surface area contributed by atoms with E-state index >= 15 is 0 Å². The van der Waals surface area contributed by atoms with Gasteiger partial charge in [-0.25, -0.2) is 15.3 Å². The van der Waals surface area contributed by atoms with Gasteiger partial charge in [-0.2, -0.15) is 5.10 Å². The van der Waals surface area contributed by atoms with Crippen LogP contribution in [-0.4, -0.2) is 40.5 Å². The Kier molecular flexibility index (Phi) is 7.10. The van der Waals surface area contributed by atoms with Crippen LogP contribution in [0.1, 0.15) is 25.3 Å². The van der Waals surface area contributed by atoms with Crippen molar-refractivity contribution in [3.05, 3.63) is 50.7 Å². The van der Waals surface area contributed by atoms with Gasteiger partial charge >= 0.3 is 5.69 Å². The number of nitrogens with zero attached hydrogens (tertiary/aromatic N) is 2. The van der Waals surface area contributed by atoms with Crippen molar-refractivity contribution in [2.75, 3.05) is 18.5 Å². The molecule has 0 atom stereocenters. The normalized spacial score (nSPS) is 10.7. The van der Waals surface area contributed by atoms with E-state index in [4.69, 9.17) is 4.74 Å². The molecule has 1 amide bonds. The highest BCUT2D eigenvalue weighted by Crippen LogP contribution is 2.16. The molecule has 0 saturated heterocycles. The Morgan fingerprint density at radius 1 is 1.35 bits per heavy atom. The smallest absolute Gasteiger partial charge is 0.342 e. The first-order valence-corrected chi connectivity index (χ1v) is 8.06. The number of ether oxygens (including phenoxy) is 1.